The Kier molecular flexibility index (Phi) is 6.73. The molecule has 0 radical (unpaired) electrons. The number of carboxylic acids is 1. The Hall–Kier alpha value is -3.86. The van der Waals surface area contributed by atoms with E-state index in [0.717, 1.165) is 18.2 Å². The molecule has 0 aliphatic carbocycles. The first-order chi connectivity index (χ1) is 15.5. The predicted molar refractivity (Wildman–Crippen MR) is 111 cm³/mol. The number of alkyl halides is 3. The van der Waals surface area contributed by atoms with Gasteiger partial charge in [-0.15, -0.1) is 13.2 Å². The number of nitro benzene ring substituents is 1. The van der Waals surface area contributed by atoms with E-state index in [2.05, 4.69) is 9.72 Å². The second kappa shape index (κ2) is 9.33. The van der Waals surface area contributed by atoms with E-state index < -0.39 is 34.5 Å². The Morgan fingerprint density at radius 3 is 2.39 bits per heavy atom. The maximum absolute atomic E-state index is 12.7. The highest BCUT2D eigenvalue weighted by Crippen LogP contribution is 2.36. The Morgan fingerprint density at radius 2 is 1.82 bits per heavy atom. The summed E-state index contributed by atoms with van der Waals surface area (Å²) in [6.45, 7) is 0. The Morgan fingerprint density at radius 1 is 1.15 bits per heavy atom. The van der Waals surface area contributed by atoms with Crippen LogP contribution in [-0.2, 0) is 11.2 Å². The van der Waals surface area contributed by atoms with Gasteiger partial charge in [-0.05, 0) is 47.9 Å². The first-order valence-electron chi connectivity index (χ1n) is 9.19. The molecular formula is C21H14ClF3N2O6. The summed E-state index contributed by atoms with van der Waals surface area (Å²) in [4.78, 5) is 37.9. The van der Waals surface area contributed by atoms with E-state index in [9.17, 15) is 38.0 Å². The predicted octanol–water partition coefficient (Wildman–Crippen LogP) is 4.91. The minimum atomic E-state index is -4.89. The van der Waals surface area contributed by atoms with Gasteiger partial charge in [0.15, 0.2) is 0 Å². The lowest BCUT2D eigenvalue weighted by atomic mass is 9.87. The summed E-state index contributed by atoms with van der Waals surface area (Å²) in [6, 6.07) is 9.49. The molecule has 2 aromatic carbocycles. The topological polar surface area (TPSA) is 123 Å². The molecule has 0 bridgehead atoms. The van der Waals surface area contributed by atoms with Crippen molar-refractivity contribution >= 4 is 23.3 Å². The van der Waals surface area contributed by atoms with E-state index in [1.165, 1.54) is 36.5 Å². The number of H-pyrrole nitrogens is 1. The number of ether oxygens (including phenoxy) is 1. The number of carboxylic acid groups (broad SMARTS) is 1. The average molecular weight is 483 g/mol. The first kappa shape index (κ1) is 23.8. The van der Waals surface area contributed by atoms with Crippen molar-refractivity contribution in [2.45, 2.75) is 18.7 Å². The SMILES string of the molecule is O=C(O)C(Cc1ccc(OC(F)(F)F)cc1)c1c(-c2cc(Cl)ccc2[N+](=O)[O-])cc[nH]c1=O. The Balaban J connectivity index is 2.08. The second-order valence-electron chi connectivity index (χ2n) is 6.84. The largest absolute Gasteiger partial charge is 0.573 e. The number of halogens is 4. The van der Waals surface area contributed by atoms with Crippen LogP contribution in [0.1, 0.15) is 17.0 Å². The monoisotopic (exact) mass is 482 g/mol. The number of benzene rings is 2. The van der Waals surface area contributed by atoms with Crippen molar-refractivity contribution in [3.05, 3.63) is 91.3 Å². The molecule has 0 fully saturated rings. The minimum Gasteiger partial charge on any atom is -0.481 e. The lowest BCUT2D eigenvalue weighted by Crippen LogP contribution is -2.24. The van der Waals surface area contributed by atoms with Crippen molar-refractivity contribution in [3.63, 3.8) is 0 Å². The van der Waals surface area contributed by atoms with Crippen molar-refractivity contribution in [2.75, 3.05) is 0 Å². The van der Waals surface area contributed by atoms with Crippen LogP contribution < -0.4 is 10.3 Å². The summed E-state index contributed by atoms with van der Waals surface area (Å²) < 4.78 is 40.8. The number of aromatic amines is 1. The van der Waals surface area contributed by atoms with E-state index in [1.807, 2.05) is 0 Å². The summed E-state index contributed by atoms with van der Waals surface area (Å²) >= 11 is 5.98. The summed E-state index contributed by atoms with van der Waals surface area (Å²) in [7, 11) is 0. The zero-order chi connectivity index (χ0) is 24.3. The molecule has 0 aliphatic heterocycles. The minimum absolute atomic E-state index is 0.00243. The zero-order valence-corrected chi connectivity index (χ0v) is 17.2. The molecule has 0 saturated carbocycles. The fraction of sp³-hybridized carbons (Fsp3) is 0.143. The molecule has 172 valence electrons. The molecule has 1 heterocycles. The third-order valence-electron chi connectivity index (χ3n) is 4.69. The van der Waals surface area contributed by atoms with Crippen LogP contribution in [0.3, 0.4) is 0 Å². The highest BCUT2D eigenvalue weighted by Gasteiger charge is 2.32. The molecule has 3 rings (SSSR count). The van der Waals surface area contributed by atoms with Crippen LogP contribution in [0.15, 0.2) is 59.5 Å². The third kappa shape index (κ3) is 5.69. The number of nitrogens with zero attached hydrogens (tertiary/aromatic N) is 1. The molecule has 1 unspecified atom stereocenters. The number of aromatic nitrogens is 1. The van der Waals surface area contributed by atoms with Gasteiger partial charge >= 0.3 is 12.3 Å². The molecule has 0 saturated heterocycles. The third-order valence-corrected chi connectivity index (χ3v) is 4.92. The van der Waals surface area contributed by atoms with E-state index >= 15 is 0 Å². The molecule has 33 heavy (non-hydrogen) atoms. The van der Waals surface area contributed by atoms with Crippen LogP contribution in [0.2, 0.25) is 5.02 Å². The number of nitrogens with one attached hydrogen (secondary N) is 1. The van der Waals surface area contributed by atoms with Crippen LogP contribution in [0.4, 0.5) is 18.9 Å². The highest BCUT2D eigenvalue weighted by atomic mass is 35.5. The molecule has 2 N–H and O–H groups in total. The highest BCUT2D eigenvalue weighted by molar-refractivity contribution is 6.31. The summed E-state index contributed by atoms with van der Waals surface area (Å²) in [5.74, 6) is -3.38. The first-order valence-corrected chi connectivity index (χ1v) is 9.57. The Labute approximate surface area is 188 Å². The second-order valence-corrected chi connectivity index (χ2v) is 7.28. The van der Waals surface area contributed by atoms with E-state index in [-0.39, 0.29) is 33.8 Å². The fourth-order valence-electron chi connectivity index (χ4n) is 3.33. The molecule has 1 atom stereocenters. The number of aliphatic carboxylic acids is 1. The number of carbonyl (C=O) groups is 1. The summed E-state index contributed by atoms with van der Waals surface area (Å²) in [5.41, 5.74) is -1.18. The normalized spacial score (nSPS) is 12.2. The van der Waals surface area contributed by atoms with Gasteiger partial charge < -0.3 is 14.8 Å². The van der Waals surface area contributed by atoms with Gasteiger partial charge in [0.1, 0.15) is 5.75 Å². The molecular weight excluding hydrogens is 469 g/mol. The van der Waals surface area contributed by atoms with Gasteiger partial charge in [0.05, 0.1) is 16.4 Å². The number of rotatable bonds is 7. The number of pyridine rings is 1. The van der Waals surface area contributed by atoms with Crippen molar-refractivity contribution in [3.8, 4) is 16.9 Å². The van der Waals surface area contributed by atoms with Crippen molar-refractivity contribution < 1.29 is 32.7 Å². The zero-order valence-electron chi connectivity index (χ0n) is 16.4. The Bertz CT molecular complexity index is 1260. The van der Waals surface area contributed by atoms with Gasteiger partial charge in [-0.25, -0.2) is 0 Å². The molecule has 3 aromatic rings. The molecule has 12 heteroatoms. The van der Waals surface area contributed by atoms with Gasteiger partial charge in [-0.1, -0.05) is 23.7 Å². The average Bonchev–Trinajstić information content (AvgIpc) is 2.72. The standard InChI is InChI=1S/C21H14ClF3N2O6/c22-12-3-6-17(27(31)32)15(10-12)14-7-8-26-19(28)18(14)16(20(29)30)9-11-1-4-13(5-2-11)33-21(23,24)25/h1-8,10,16H,9H2,(H,26,28)(H,29,30). The van der Waals surface area contributed by atoms with Gasteiger partial charge in [0.25, 0.3) is 11.2 Å². The van der Waals surface area contributed by atoms with Crippen LogP contribution in [0.25, 0.3) is 11.1 Å². The maximum Gasteiger partial charge on any atom is 0.573 e. The smallest absolute Gasteiger partial charge is 0.481 e. The summed E-state index contributed by atoms with van der Waals surface area (Å²) in [6.07, 6.45) is -3.95. The van der Waals surface area contributed by atoms with E-state index in [0.29, 0.717) is 5.56 Å². The van der Waals surface area contributed by atoms with Gasteiger partial charge in [0.2, 0.25) is 0 Å². The molecule has 1 aromatic heterocycles. The molecule has 8 nitrogen and oxygen atoms in total. The molecule has 0 aliphatic rings. The van der Waals surface area contributed by atoms with E-state index in [4.69, 9.17) is 11.6 Å². The lowest BCUT2D eigenvalue weighted by molar-refractivity contribution is -0.384. The van der Waals surface area contributed by atoms with Gasteiger partial charge in [0, 0.05) is 22.8 Å². The van der Waals surface area contributed by atoms with Gasteiger partial charge in [-0.3, -0.25) is 19.7 Å². The maximum atomic E-state index is 12.7. The van der Waals surface area contributed by atoms with Crippen molar-refractivity contribution in [2.24, 2.45) is 0 Å². The van der Waals surface area contributed by atoms with E-state index in [1.54, 1.807) is 0 Å². The van der Waals surface area contributed by atoms with Crippen molar-refractivity contribution in [1.82, 2.24) is 4.98 Å². The van der Waals surface area contributed by atoms with Crippen LogP contribution in [0, 0.1) is 10.1 Å². The molecule has 0 amide bonds. The van der Waals surface area contributed by atoms with Gasteiger partial charge in [-0.2, -0.15) is 0 Å². The number of nitro groups is 1. The molecule has 0 spiro atoms. The quantitative estimate of drug-likeness (QED) is 0.364. The fourth-order valence-corrected chi connectivity index (χ4v) is 3.50. The number of hydrogen-bond donors (Lipinski definition) is 2. The number of hydrogen-bond acceptors (Lipinski definition) is 5. The van der Waals surface area contributed by atoms with Crippen LogP contribution in [0.5, 0.6) is 5.75 Å². The van der Waals surface area contributed by atoms with Crippen molar-refractivity contribution in [1.29, 1.82) is 0 Å². The van der Waals surface area contributed by atoms with Crippen LogP contribution >= 0.6 is 11.6 Å². The van der Waals surface area contributed by atoms with Crippen LogP contribution in [-0.4, -0.2) is 27.3 Å². The summed E-state index contributed by atoms with van der Waals surface area (Å²) in [5, 5.41) is 21.5. The lowest BCUT2D eigenvalue weighted by Gasteiger charge is -2.17.